The molecule has 1 atom stereocenters. The maximum absolute atomic E-state index is 13.5. The molecular formula is C19H22FN3O2. The van der Waals surface area contributed by atoms with Gasteiger partial charge in [-0.25, -0.2) is 9.18 Å². The molecular weight excluding hydrogens is 321 g/mol. The summed E-state index contributed by atoms with van der Waals surface area (Å²) in [6, 6.07) is 7.77. The first-order valence-electron chi connectivity index (χ1n) is 8.23. The molecule has 3 rings (SSSR count). The Morgan fingerprint density at radius 2 is 2.08 bits per heavy atom. The summed E-state index contributed by atoms with van der Waals surface area (Å²) in [5, 5.41) is 3.04. The number of ether oxygens (including phenoxy) is 1. The number of aromatic nitrogens is 1. The quantitative estimate of drug-likeness (QED) is 0.925. The number of nitrogens with zero attached hydrogens (tertiary/aromatic N) is 2. The van der Waals surface area contributed by atoms with Gasteiger partial charge in [-0.1, -0.05) is 6.07 Å². The number of carbonyl (C=O) groups is 1. The van der Waals surface area contributed by atoms with Crippen LogP contribution in [0.1, 0.15) is 37.4 Å². The predicted molar refractivity (Wildman–Crippen MR) is 92.7 cm³/mol. The topological polar surface area (TPSA) is 54.5 Å². The highest BCUT2D eigenvalue weighted by Crippen LogP contribution is 2.39. The fourth-order valence-corrected chi connectivity index (χ4v) is 3.05. The van der Waals surface area contributed by atoms with E-state index >= 15 is 0 Å². The van der Waals surface area contributed by atoms with E-state index in [9.17, 15) is 9.18 Å². The molecule has 2 heterocycles. The number of urea groups is 1. The molecule has 1 aliphatic rings. The van der Waals surface area contributed by atoms with Crippen LogP contribution in [0.2, 0.25) is 0 Å². The van der Waals surface area contributed by atoms with E-state index in [0.717, 1.165) is 11.1 Å². The molecule has 0 aliphatic carbocycles. The number of fused-ring (bicyclic) bond motifs is 1. The molecule has 0 spiro atoms. The molecule has 1 aliphatic heterocycles. The van der Waals surface area contributed by atoms with E-state index in [1.54, 1.807) is 30.4 Å². The average molecular weight is 343 g/mol. The monoisotopic (exact) mass is 343 g/mol. The Labute approximate surface area is 146 Å². The van der Waals surface area contributed by atoms with Crippen molar-refractivity contribution < 1.29 is 13.9 Å². The SMILES string of the molecule is CN(Cc1ccncc1)C(=O)NC1CC(C)(C)Oc2cc(F)ccc21. The lowest BCUT2D eigenvalue weighted by atomic mass is 9.90. The number of carbonyl (C=O) groups excluding carboxylic acids is 1. The van der Waals surface area contributed by atoms with Crippen LogP contribution in [0.5, 0.6) is 5.75 Å². The van der Waals surface area contributed by atoms with Gasteiger partial charge in [-0.3, -0.25) is 4.98 Å². The molecule has 132 valence electrons. The minimum Gasteiger partial charge on any atom is -0.487 e. The fraction of sp³-hybridized carbons (Fsp3) is 0.368. The van der Waals surface area contributed by atoms with E-state index < -0.39 is 5.60 Å². The van der Waals surface area contributed by atoms with Gasteiger partial charge in [0.1, 0.15) is 17.2 Å². The Morgan fingerprint density at radius 1 is 1.36 bits per heavy atom. The van der Waals surface area contributed by atoms with E-state index in [4.69, 9.17) is 4.74 Å². The molecule has 1 unspecified atom stereocenters. The lowest BCUT2D eigenvalue weighted by molar-refractivity contribution is 0.0663. The Morgan fingerprint density at radius 3 is 2.80 bits per heavy atom. The van der Waals surface area contributed by atoms with Crippen molar-refractivity contribution in [3.63, 3.8) is 0 Å². The Hall–Kier alpha value is -2.63. The standard InChI is InChI=1S/C19H22FN3O2/c1-19(2)11-16(15-5-4-14(20)10-17(15)25-19)22-18(24)23(3)12-13-6-8-21-9-7-13/h4-10,16H,11-12H2,1-3H3,(H,22,24). The zero-order chi connectivity index (χ0) is 18.0. The zero-order valence-corrected chi connectivity index (χ0v) is 14.6. The largest absolute Gasteiger partial charge is 0.487 e. The minimum atomic E-state index is -0.484. The van der Waals surface area contributed by atoms with E-state index in [1.165, 1.54) is 12.1 Å². The Kier molecular flexibility index (Phi) is 4.61. The van der Waals surface area contributed by atoms with Crippen LogP contribution in [0.4, 0.5) is 9.18 Å². The van der Waals surface area contributed by atoms with E-state index in [2.05, 4.69) is 10.3 Å². The molecule has 0 fully saturated rings. The molecule has 0 bridgehead atoms. The second-order valence-electron chi connectivity index (χ2n) is 6.96. The third-order valence-corrected chi connectivity index (χ3v) is 4.25. The van der Waals surface area contributed by atoms with Crippen molar-refractivity contribution in [2.75, 3.05) is 7.05 Å². The number of benzene rings is 1. The van der Waals surface area contributed by atoms with Crippen molar-refractivity contribution in [3.05, 3.63) is 59.7 Å². The van der Waals surface area contributed by atoms with E-state index in [1.807, 2.05) is 26.0 Å². The summed E-state index contributed by atoms with van der Waals surface area (Å²) < 4.78 is 19.4. The van der Waals surface area contributed by atoms with E-state index in [-0.39, 0.29) is 17.9 Å². The maximum atomic E-state index is 13.5. The first kappa shape index (κ1) is 17.2. The highest BCUT2D eigenvalue weighted by Gasteiger charge is 2.35. The normalized spacial score (nSPS) is 18.0. The van der Waals surface area contributed by atoms with Gasteiger partial charge in [0, 0.05) is 44.0 Å². The summed E-state index contributed by atoms with van der Waals surface area (Å²) >= 11 is 0. The summed E-state index contributed by atoms with van der Waals surface area (Å²) in [7, 11) is 1.74. The minimum absolute atomic E-state index is 0.185. The third-order valence-electron chi connectivity index (χ3n) is 4.25. The van der Waals surface area contributed by atoms with E-state index in [0.29, 0.717) is 18.7 Å². The van der Waals surface area contributed by atoms with Crippen LogP contribution in [-0.4, -0.2) is 28.6 Å². The van der Waals surface area contributed by atoms with Gasteiger partial charge in [0.05, 0.1) is 6.04 Å². The van der Waals surface area contributed by atoms with Crippen molar-refractivity contribution in [2.24, 2.45) is 0 Å². The van der Waals surface area contributed by atoms with Crippen LogP contribution in [0.15, 0.2) is 42.7 Å². The molecule has 0 saturated heterocycles. The second-order valence-corrected chi connectivity index (χ2v) is 6.96. The van der Waals surface area contributed by atoms with Crippen molar-refractivity contribution in [1.29, 1.82) is 0 Å². The van der Waals surface area contributed by atoms with Gasteiger partial charge in [-0.2, -0.15) is 0 Å². The number of amides is 2. The summed E-state index contributed by atoms with van der Waals surface area (Å²) in [6.07, 6.45) is 4.01. The van der Waals surface area contributed by atoms with Crippen molar-refractivity contribution >= 4 is 6.03 Å². The maximum Gasteiger partial charge on any atom is 0.317 e. The van der Waals surface area contributed by atoms with Gasteiger partial charge in [-0.15, -0.1) is 0 Å². The lowest BCUT2D eigenvalue weighted by Gasteiger charge is -2.38. The fourth-order valence-electron chi connectivity index (χ4n) is 3.05. The highest BCUT2D eigenvalue weighted by molar-refractivity contribution is 5.74. The predicted octanol–water partition coefficient (Wildman–Crippen LogP) is 3.66. The average Bonchev–Trinajstić information content (AvgIpc) is 2.54. The molecule has 2 amide bonds. The number of nitrogens with one attached hydrogen (secondary N) is 1. The number of pyridine rings is 1. The first-order valence-corrected chi connectivity index (χ1v) is 8.23. The molecule has 6 heteroatoms. The number of hydrogen-bond acceptors (Lipinski definition) is 3. The number of halogens is 1. The van der Waals surface area contributed by atoms with Crippen LogP contribution >= 0.6 is 0 Å². The molecule has 2 aromatic rings. The van der Waals surface area contributed by atoms with Crippen molar-refractivity contribution in [2.45, 2.75) is 38.5 Å². The smallest absolute Gasteiger partial charge is 0.317 e. The highest BCUT2D eigenvalue weighted by atomic mass is 19.1. The summed E-state index contributed by atoms with van der Waals surface area (Å²) in [5.41, 5.74) is 1.32. The van der Waals surface area contributed by atoms with Crippen LogP contribution in [0, 0.1) is 5.82 Å². The molecule has 1 N–H and O–H groups in total. The van der Waals surface area contributed by atoms with Gasteiger partial charge >= 0.3 is 6.03 Å². The molecule has 1 aromatic carbocycles. The van der Waals surface area contributed by atoms with Gasteiger partial charge in [0.15, 0.2) is 0 Å². The summed E-state index contributed by atoms with van der Waals surface area (Å²) in [4.78, 5) is 18.2. The van der Waals surface area contributed by atoms with Crippen molar-refractivity contribution in [3.8, 4) is 5.75 Å². The van der Waals surface area contributed by atoms with Crippen LogP contribution in [-0.2, 0) is 6.54 Å². The molecule has 25 heavy (non-hydrogen) atoms. The molecule has 5 nitrogen and oxygen atoms in total. The number of hydrogen-bond donors (Lipinski definition) is 1. The van der Waals surface area contributed by atoms with Crippen LogP contribution < -0.4 is 10.1 Å². The van der Waals surface area contributed by atoms with Gasteiger partial charge in [0.25, 0.3) is 0 Å². The Balaban J connectivity index is 1.74. The molecule has 0 radical (unpaired) electrons. The van der Waals surface area contributed by atoms with Gasteiger partial charge in [0.2, 0.25) is 0 Å². The first-order chi connectivity index (χ1) is 11.8. The Bertz CT molecular complexity index is 765. The summed E-state index contributed by atoms with van der Waals surface area (Å²) in [6.45, 7) is 4.35. The molecule has 1 aromatic heterocycles. The number of rotatable bonds is 3. The van der Waals surface area contributed by atoms with Gasteiger partial charge in [-0.05, 0) is 37.6 Å². The van der Waals surface area contributed by atoms with Crippen LogP contribution in [0.25, 0.3) is 0 Å². The third kappa shape index (κ3) is 4.07. The molecule has 0 saturated carbocycles. The lowest BCUT2D eigenvalue weighted by Crippen LogP contribution is -2.44. The van der Waals surface area contributed by atoms with Gasteiger partial charge < -0.3 is 15.0 Å². The zero-order valence-electron chi connectivity index (χ0n) is 14.6. The van der Waals surface area contributed by atoms with Crippen molar-refractivity contribution in [1.82, 2.24) is 15.2 Å². The second kappa shape index (κ2) is 6.70. The van der Waals surface area contributed by atoms with Crippen LogP contribution in [0.3, 0.4) is 0 Å². The summed E-state index contributed by atoms with van der Waals surface area (Å²) in [5.74, 6) is 0.134.